The monoisotopic (exact) mass is 525 g/mol. The van der Waals surface area contributed by atoms with Crippen LogP contribution in [-0.4, -0.2) is 71.4 Å². The van der Waals surface area contributed by atoms with E-state index in [-0.39, 0.29) is 11.5 Å². The lowest BCUT2D eigenvalue weighted by molar-refractivity contribution is -0.140. The second-order valence-corrected chi connectivity index (χ2v) is 8.61. The van der Waals surface area contributed by atoms with Crippen molar-refractivity contribution in [3.05, 3.63) is 66.0 Å². The van der Waals surface area contributed by atoms with Gasteiger partial charge in [0.25, 0.3) is 0 Å². The van der Waals surface area contributed by atoms with Crippen LogP contribution in [0.4, 0.5) is 18.9 Å². The van der Waals surface area contributed by atoms with Crippen molar-refractivity contribution >= 4 is 18.0 Å². The largest absolute Gasteiger partial charge is 0.491 e. The molecule has 2 amide bonds. The highest BCUT2D eigenvalue weighted by atomic mass is 19.4. The van der Waals surface area contributed by atoms with Gasteiger partial charge in [-0.15, -0.1) is 0 Å². The molecule has 0 saturated carbocycles. The maximum Gasteiger partial charge on any atom is 0.432 e. The number of piperazine rings is 1. The molecule has 2 heterocycles. The Balaban J connectivity index is 1.45. The van der Waals surface area contributed by atoms with Gasteiger partial charge < -0.3 is 19.9 Å². The molecule has 1 saturated heterocycles. The molecule has 198 valence electrons. The van der Waals surface area contributed by atoms with E-state index in [0.717, 1.165) is 32.2 Å². The van der Waals surface area contributed by atoms with E-state index in [1.807, 2.05) is 6.07 Å². The summed E-state index contributed by atoms with van der Waals surface area (Å²) in [6.07, 6.45) is -2.27. The number of ether oxygens (including phenoxy) is 1. The van der Waals surface area contributed by atoms with Crippen LogP contribution in [0.5, 0.6) is 5.75 Å². The number of hydrogen-bond acceptors (Lipinski definition) is 5. The van der Waals surface area contributed by atoms with E-state index in [1.54, 1.807) is 41.3 Å². The number of carbonyl (C=O) groups is 2. The summed E-state index contributed by atoms with van der Waals surface area (Å²) in [6, 6.07) is 13.6. The predicted molar refractivity (Wildman–Crippen MR) is 135 cm³/mol. The van der Waals surface area contributed by atoms with Crippen LogP contribution < -0.4 is 10.1 Å². The molecule has 0 unspecified atom stereocenters. The van der Waals surface area contributed by atoms with E-state index in [1.165, 1.54) is 6.07 Å². The van der Waals surface area contributed by atoms with Crippen LogP contribution in [0.25, 0.3) is 11.4 Å². The van der Waals surface area contributed by atoms with Crippen molar-refractivity contribution in [2.75, 3.05) is 44.6 Å². The molecule has 0 bridgehead atoms. The maximum atomic E-state index is 13.0. The van der Waals surface area contributed by atoms with Crippen molar-refractivity contribution in [3.63, 3.8) is 0 Å². The third-order valence-electron chi connectivity index (χ3n) is 5.91. The molecule has 0 radical (unpaired) electrons. The minimum absolute atomic E-state index is 0.00390. The summed E-state index contributed by atoms with van der Waals surface area (Å²) in [5.41, 5.74) is 0.296. The van der Waals surface area contributed by atoms with Crippen LogP contribution in [0.1, 0.15) is 17.7 Å². The molecule has 0 spiro atoms. The highest BCUT2D eigenvalue weighted by Gasteiger charge is 2.33. The zero-order valence-electron chi connectivity index (χ0n) is 20.4. The fraction of sp³-hybridized carbons (Fsp3) is 0.296. The van der Waals surface area contributed by atoms with Gasteiger partial charge in [0, 0.05) is 49.8 Å². The van der Waals surface area contributed by atoms with E-state index in [2.05, 4.69) is 32.0 Å². The summed E-state index contributed by atoms with van der Waals surface area (Å²) in [5, 5.41) is 2.68. The lowest BCUT2D eigenvalue weighted by Gasteiger charge is -2.32. The maximum absolute atomic E-state index is 13.0. The fourth-order valence-corrected chi connectivity index (χ4v) is 3.88. The highest BCUT2D eigenvalue weighted by Crippen LogP contribution is 2.33. The van der Waals surface area contributed by atoms with Gasteiger partial charge >= 0.3 is 12.1 Å². The average molecular weight is 526 g/mol. The number of anilines is 1. The van der Waals surface area contributed by atoms with Crippen molar-refractivity contribution in [2.45, 2.75) is 12.6 Å². The smallest absolute Gasteiger partial charge is 0.432 e. The molecule has 1 aliphatic rings. The van der Waals surface area contributed by atoms with Gasteiger partial charge in [-0.3, -0.25) is 14.5 Å². The molecule has 0 aliphatic carbocycles. The van der Waals surface area contributed by atoms with Crippen molar-refractivity contribution in [1.29, 1.82) is 0 Å². The van der Waals surface area contributed by atoms with Crippen LogP contribution in [0.15, 0.2) is 54.7 Å². The van der Waals surface area contributed by atoms with Gasteiger partial charge in [0.15, 0.2) is 0 Å². The molecular weight excluding hydrogens is 499 g/mol. The minimum atomic E-state index is -4.56. The van der Waals surface area contributed by atoms with Crippen LogP contribution in [0.2, 0.25) is 0 Å². The number of imidazole rings is 1. The van der Waals surface area contributed by atoms with Gasteiger partial charge in [-0.1, -0.05) is 24.1 Å². The van der Waals surface area contributed by atoms with Gasteiger partial charge in [-0.2, -0.15) is 13.2 Å². The lowest BCUT2D eigenvalue weighted by atomic mass is 10.1. The standard InChI is InChI=1S/C27H26F3N5O3/c28-27(29,30)24-18-31-26(33-24)21-8-9-23(38-16-4-11-34-12-14-35(19-36)15-13-34)22(17-21)32-25(37)10-7-20-5-2-1-3-6-20/h1-3,5-6,8-9,17-19H,4,11-16H2,(H,31,33)(H,32,37). The zero-order valence-corrected chi connectivity index (χ0v) is 20.4. The first-order valence-corrected chi connectivity index (χ1v) is 12.0. The third kappa shape index (κ3) is 7.36. The number of aromatic amines is 1. The average Bonchev–Trinajstić information content (AvgIpc) is 3.43. The number of nitrogens with zero attached hydrogens (tertiary/aromatic N) is 3. The normalized spacial score (nSPS) is 13.9. The summed E-state index contributed by atoms with van der Waals surface area (Å²) in [5.74, 6) is 5.05. The Hall–Kier alpha value is -4.30. The van der Waals surface area contributed by atoms with E-state index in [0.29, 0.717) is 43.0 Å². The third-order valence-corrected chi connectivity index (χ3v) is 5.91. The molecule has 1 fully saturated rings. The van der Waals surface area contributed by atoms with Gasteiger partial charge in [-0.05, 0) is 36.8 Å². The molecule has 38 heavy (non-hydrogen) atoms. The van der Waals surface area contributed by atoms with Crippen LogP contribution in [0.3, 0.4) is 0 Å². The first-order chi connectivity index (χ1) is 18.3. The first-order valence-electron chi connectivity index (χ1n) is 12.0. The molecule has 0 atom stereocenters. The minimum Gasteiger partial charge on any atom is -0.491 e. The molecular formula is C27H26F3N5O3. The van der Waals surface area contributed by atoms with Crippen LogP contribution in [0, 0.1) is 11.8 Å². The Bertz CT molecular complexity index is 1310. The Morgan fingerprint density at radius 2 is 1.89 bits per heavy atom. The van der Waals surface area contributed by atoms with Gasteiger partial charge in [0.05, 0.1) is 18.5 Å². The van der Waals surface area contributed by atoms with Crippen molar-refractivity contribution in [2.24, 2.45) is 0 Å². The van der Waals surface area contributed by atoms with Crippen molar-refractivity contribution < 1.29 is 27.5 Å². The molecule has 11 heteroatoms. The number of amides is 2. The molecule has 2 N–H and O–H groups in total. The molecule has 4 rings (SSSR count). The first kappa shape index (κ1) is 26.8. The Morgan fingerprint density at radius 3 is 2.58 bits per heavy atom. The predicted octanol–water partition coefficient (Wildman–Crippen LogP) is 3.63. The molecule has 3 aromatic rings. The summed E-state index contributed by atoms with van der Waals surface area (Å²) in [6.45, 7) is 4.09. The Labute approximate surface area is 217 Å². The SMILES string of the molecule is O=CN1CCN(CCCOc2ccc(-c3ncc(C(F)(F)F)[nH]3)cc2NC(=O)C#Cc2ccccc2)CC1. The quantitative estimate of drug-likeness (QED) is 0.266. The Kier molecular flexibility index (Phi) is 8.66. The summed E-state index contributed by atoms with van der Waals surface area (Å²) in [7, 11) is 0. The topological polar surface area (TPSA) is 90.6 Å². The molecule has 8 nitrogen and oxygen atoms in total. The van der Waals surface area contributed by atoms with E-state index in [9.17, 15) is 22.8 Å². The summed E-state index contributed by atoms with van der Waals surface area (Å²) in [4.78, 5) is 33.5. The number of rotatable bonds is 8. The molecule has 1 aromatic heterocycles. The van der Waals surface area contributed by atoms with Gasteiger partial charge in [0.2, 0.25) is 6.41 Å². The second-order valence-electron chi connectivity index (χ2n) is 8.61. The summed E-state index contributed by atoms with van der Waals surface area (Å²) < 4.78 is 45.0. The van der Waals surface area contributed by atoms with E-state index in [4.69, 9.17) is 4.74 Å². The zero-order chi connectivity index (χ0) is 27.0. The van der Waals surface area contributed by atoms with Gasteiger partial charge in [0.1, 0.15) is 17.3 Å². The summed E-state index contributed by atoms with van der Waals surface area (Å²) >= 11 is 0. The number of hydrogen-bond donors (Lipinski definition) is 2. The van der Waals surface area contributed by atoms with Crippen molar-refractivity contribution in [1.82, 2.24) is 19.8 Å². The fourth-order valence-electron chi connectivity index (χ4n) is 3.88. The molecule has 2 aromatic carbocycles. The van der Waals surface area contributed by atoms with E-state index >= 15 is 0 Å². The number of nitrogens with one attached hydrogen (secondary N) is 2. The number of alkyl halides is 3. The second kappa shape index (κ2) is 12.3. The highest BCUT2D eigenvalue weighted by molar-refractivity contribution is 6.05. The number of halogens is 3. The number of carbonyl (C=O) groups excluding carboxylic acids is 2. The lowest BCUT2D eigenvalue weighted by Crippen LogP contribution is -2.46. The van der Waals surface area contributed by atoms with Crippen LogP contribution >= 0.6 is 0 Å². The number of benzene rings is 2. The van der Waals surface area contributed by atoms with Crippen molar-refractivity contribution in [3.8, 4) is 29.0 Å². The number of aromatic nitrogens is 2. The van der Waals surface area contributed by atoms with Gasteiger partial charge in [-0.25, -0.2) is 4.98 Å². The van der Waals surface area contributed by atoms with Crippen LogP contribution in [-0.2, 0) is 15.8 Å². The molecule has 1 aliphatic heterocycles. The van der Waals surface area contributed by atoms with E-state index < -0.39 is 17.8 Å². The Morgan fingerprint density at radius 1 is 1.13 bits per heavy atom. The number of H-pyrrole nitrogens is 1.